The molecule has 0 unspecified atom stereocenters. The molecule has 0 aliphatic heterocycles. The van der Waals surface area contributed by atoms with Crippen LogP contribution in [-0.4, -0.2) is 38.9 Å². The van der Waals surface area contributed by atoms with Crippen LogP contribution in [0.5, 0.6) is 5.75 Å². The van der Waals surface area contributed by atoms with E-state index in [9.17, 15) is 13.2 Å². The standard InChI is InChI=1S/C24H30N2O4S/c1-5-16-30-22-13-11-21(12-14-22)18-26(4)24(27)23(19(2)3)25-31(28,29)17-15-20-9-7-6-8-10-20/h5-15,17,19,23,25H,1,16,18H2,2-4H3/b17-15+/t23-/m0/s1. The molecule has 2 aromatic rings. The molecule has 2 aromatic carbocycles. The molecule has 0 spiro atoms. The third-order valence-corrected chi connectivity index (χ3v) is 5.63. The lowest BCUT2D eigenvalue weighted by Crippen LogP contribution is -2.49. The zero-order valence-corrected chi connectivity index (χ0v) is 19.0. The molecule has 7 heteroatoms. The van der Waals surface area contributed by atoms with E-state index in [1.54, 1.807) is 25.3 Å². The van der Waals surface area contributed by atoms with Gasteiger partial charge in [0.25, 0.3) is 0 Å². The van der Waals surface area contributed by atoms with Crippen LogP contribution in [0.3, 0.4) is 0 Å². The van der Waals surface area contributed by atoms with Gasteiger partial charge in [-0.25, -0.2) is 8.42 Å². The number of hydrogen-bond acceptors (Lipinski definition) is 4. The minimum absolute atomic E-state index is 0.218. The first-order chi connectivity index (χ1) is 14.7. The SMILES string of the molecule is C=CCOc1ccc(CN(C)C(=O)[C@@H](NS(=O)(=O)/C=C/c2ccccc2)C(C)C)cc1. The molecule has 1 atom stereocenters. The van der Waals surface area contributed by atoms with E-state index in [-0.39, 0.29) is 11.8 Å². The Hall–Kier alpha value is -2.90. The van der Waals surface area contributed by atoms with Crippen molar-refractivity contribution in [1.82, 2.24) is 9.62 Å². The van der Waals surface area contributed by atoms with Gasteiger partial charge in [0, 0.05) is 19.0 Å². The van der Waals surface area contributed by atoms with Crippen LogP contribution in [0.2, 0.25) is 0 Å². The third-order valence-electron chi connectivity index (χ3n) is 4.55. The van der Waals surface area contributed by atoms with E-state index in [2.05, 4.69) is 11.3 Å². The number of ether oxygens (including phenoxy) is 1. The molecule has 0 aliphatic rings. The van der Waals surface area contributed by atoms with Gasteiger partial charge in [-0.05, 0) is 35.3 Å². The minimum Gasteiger partial charge on any atom is -0.490 e. The molecule has 0 radical (unpaired) electrons. The summed E-state index contributed by atoms with van der Waals surface area (Å²) in [5.74, 6) is 0.207. The number of nitrogens with zero attached hydrogens (tertiary/aromatic N) is 1. The van der Waals surface area contributed by atoms with Crippen LogP contribution in [0.25, 0.3) is 6.08 Å². The van der Waals surface area contributed by atoms with Crippen molar-refractivity contribution in [3.63, 3.8) is 0 Å². The number of hydrogen-bond donors (Lipinski definition) is 1. The zero-order valence-electron chi connectivity index (χ0n) is 18.2. The first kappa shape index (κ1) is 24.4. The summed E-state index contributed by atoms with van der Waals surface area (Å²) < 4.78 is 33.1. The van der Waals surface area contributed by atoms with E-state index in [1.807, 2.05) is 56.3 Å². The summed E-state index contributed by atoms with van der Waals surface area (Å²) >= 11 is 0. The van der Waals surface area contributed by atoms with E-state index in [0.717, 1.165) is 22.3 Å². The lowest BCUT2D eigenvalue weighted by atomic mass is 10.0. The molecule has 31 heavy (non-hydrogen) atoms. The molecule has 1 amide bonds. The quantitative estimate of drug-likeness (QED) is 0.537. The van der Waals surface area contributed by atoms with Crippen molar-refractivity contribution < 1.29 is 17.9 Å². The predicted molar refractivity (Wildman–Crippen MR) is 125 cm³/mol. The number of benzene rings is 2. The number of nitrogens with one attached hydrogen (secondary N) is 1. The molecule has 0 fully saturated rings. The molecule has 6 nitrogen and oxygen atoms in total. The highest BCUT2D eigenvalue weighted by atomic mass is 32.2. The Kier molecular flexibility index (Phi) is 9.03. The van der Waals surface area contributed by atoms with Crippen LogP contribution in [0.1, 0.15) is 25.0 Å². The molecule has 0 saturated carbocycles. The summed E-state index contributed by atoms with van der Waals surface area (Å²) in [6, 6.07) is 15.7. The van der Waals surface area contributed by atoms with Crippen LogP contribution in [0, 0.1) is 5.92 Å². The molecule has 0 bridgehead atoms. The zero-order chi connectivity index (χ0) is 22.9. The Morgan fingerprint density at radius 3 is 2.35 bits per heavy atom. The lowest BCUT2D eigenvalue weighted by Gasteiger charge is -2.26. The fourth-order valence-corrected chi connectivity index (χ4v) is 4.00. The molecule has 0 aromatic heterocycles. The number of amides is 1. The van der Waals surface area contributed by atoms with Crippen LogP contribution in [0.4, 0.5) is 0 Å². The Morgan fingerprint density at radius 2 is 1.77 bits per heavy atom. The second-order valence-electron chi connectivity index (χ2n) is 7.54. The molecule has 2 rings (SSSR count). The van der Waals surface area contributed by atoms with Gasteiger partial charge < -0.3 is 9.64 Å². The van der Waals surface area contributed by atoms with Crippen LogP contribution in [-0.2, 0) is 21.4 Å². The Morgan fingerprint density at radius 1 is 1.13 bits per heavy atom. The maximum absolute atomic E-state index is 13.0. The number of sulfonamides is 1. The van der Waals surface area contributed by atoms with E-state index < -0.39 is 16.1 Å². The van der Waals surface area contributed by atoms with Gasteiger partial charge in [0.05, 0.1) is 0 Å². The molecule has 166 valence electrons. The monoisotopic (exact) mass is 442 g/mol. The first-order valence-electron chi connectivity index (χ1n) is 10.0. The Balaban J connectivity index is 2.04. The largest absolute Gasteiger partial charge is 0.490 e. The fourth-order valence-electron chi connectivity index (χ4n) is 2.86. The first-order valence-corrected chi connectivity index (χ1v) is 11.6. The highest BCUT2D eigenvalue weighted by Gasteiger charge is 2.28. The third kappa shape index (κ3) is 8.03. The molecular weight excluding hydrogens is 412 g/mol. The maximum Gasteiger partial charge on any atom is 0.241 e. The normalized spacial score (nSPS) is 12.6. The molecule has 1 N–H and O–H groups in total. The Labute approximate surface area is 185 Å². The van der Waals surface area contributed by atoms with Gasteiger partial charge in [-0.15, -0.1) is 0 Å². The van der Waals surface area contributed by atoms with Crippen molar-refractivity contribution in [3.05, 3.63) is 83.8 Å². The van der Waals surface area contributed by atoms with Crippen molar-refractivity contribution in [2.75, 3.05) is 13.7 Å². The van der Waals surface area contributed by atoms with Gasteiger partial charge in [-0.1, -0.05) is 69.0 Å². The molecule has 0 saturated heterocycles. The van der Waals surface area contributed by atoms with Gasteiger partial charge in [-0.3, -0.25) is 4.79 Å². The summed E-state index contributed by atoms with van der Waals surface area (Å²) in [7, 11) is -2.13. The van der Waals surface area contributed by atoms with Crippen LogP contribution >= 0.6 is 0 Å². The van der Waals surface area contributed by atoms with E-state index in [1.165, 1.54) is 11.0 Å². The highest BCUT2D eigenvalue weighted by Crippen LogP contribution is 2.15. The summed E-state index contributed by atoms with van der Waals surface area (Å²) in [6.45, 7) is 8.01. The average molecular weight is 443 g/mol. The number of likely N-dealkylation sites (N-methyl/N-ethyl adjacent to an activating group) is 1. The number of carbonyl (C=O) groups excluding carboxylic acids is 1. The molecular formula is C24H30N2O4S. The van der Waals surface area contributed by atoms with E-state index >= 15 is 0 Å². The van der Waals surface area contributed by atoms with Crippen molar-refractivity contribution in [2.24, 2.45) is 5.92 Å². The lowest BCUT2D eigenvalue weighted by molar-refractivity contribution is -0.133. The van der Waals surface area contributed by atoms with Crippen molar-refractivity contribution >= 4 is 22.0 Å². The topological polar surface area (TPSA) is 75.7 Å². The summed E-state index contributed by atoms with van der Waals surface area (Å²) in [5, 5.41) is 1.09. The molecule has 0 heterocycles. The summed E-state index contributed by atoms with van der Waals surface area (Å²) in [6.07, 6.45) is 3.17. The Bertz CT molecular complexity index is 984. The second-order valence-corrected chi connectivity index (χ2v) is 9.13. The van der Waals surface area contributed by atoms with Gasteiger partial charge in [-0.2, -0.15) is 4.72 Å². The van der Waals surface area contributed by atoms with Crippen LogP contribution in [0.15, 0.2) is 72.7 Å². The van der Waals surface area contributed by atoms with Crippen molar-refractivity contribution in [2.45, 2.75) is 26.4 Å². The fraction of sp³-hybridized carbons (Fsp3) is 0.292. The highest BCUT2D eigenvalue weighted by molar-refractivity contribution is 7.92. The summed E-state index contributed by atoms with van der Waals surface area (Å²) in [4.78, 5) is 14.5. The molecule has 0 aliphatic carbocycles. The second kappa shape index (κ2) is 11.5. The van der Waals surface area contributed by atoms with E-state index in [4.69, 9.17) is 4.74 Å². The summed E-state index contributed by atoms with van der Waals surface area (Å²) in [5.41, 5.74) is 1.68. The number of rotatable bonds is 11. The number of carbonyl (C=O) groups is 1. The van der Waals surface area contributed by atoms with Gasteiger partial charge in [0.15, 0.2) is 0 Å². The van der Waals surface area contributed by atoms with Crippen molar-refractivity contribution in [1.29, 1.82) is 0 Å². The smallest absolute Gasteiger partial charge is 0.241 e. The maximum atomic E-state index is 13.0. The van der Waals surface area contributed by atoms with Crippen molar-refractivity contribution in [3.8, 4) is 5.75 Å². The minimum atomic E-state index is -3.79. The van der Waals surface area contributed by atoms with E-state index in [0.29, 0.717) is 13.2 Å². The van der Waals surface area contributed by atoms with Gasteiger partial charge in [0.1, 0.15) is 18.4 Å². The van der Waals surface area contributed by atoms with Gasteiger partial charge in [0.2, 0.25) is 15.9 Å². The average Bonchev–Trinajstić information content (AvgIpc) is 2.76. The van der Waals surface area contributed by atoms with Crippen LogP contribution < -0.4 is 9.46 Å². The predicted octanol–water partition coefficient (Wildman–Crippen LogP) is 3.82. The van der Waals surface area contributed by atoms with Gasteiger partial charge >= 0.3 is 0 Å².